The Bertz CT molecular complexity index is 863. The predicted octanol–water partition coefficient (Wildman–Crippen LogP) is 1.60. The molecule has 0 bridgehead atoms. The summed E-state index contributed by atoms with van der Waals surface area (Å²) in [7, 11) is 0. The first-order chi connectivity index (χ1) is 11.1. The molecule has 0 aliphatic heterocycles. The van der Waals surface area contributed by atoms with E-state index in [1.54, 1.807) is 6.92 Å². The Hall–Kier alpha value is -2.33. The fourth-order valence-corrected chi connectivity index (χ4v) is 3.11. The third kappa shape index (κ3) is 3.08. The van der Waals surface area contributed by atoms with E-state index < -0.39 is 17.6 Å². The fraction of sp³-hybridized carbons (Fsp3) is 0.316. The minimum atomic E-state index is -0.606. The van der Waals surface area contributed by atoms with E-state index in [1.807, 2.05) is 42.5 Å². The molecule has 2 N–H and O–H groups in total. The van der Waals surface area contributed by atoms with Crippen LogP contribution in [0.5, 0.6) is 5.75 Å². The van der Waals surface area contributed by atoms with Crippen molar-refractivity contribution in [1.29, 1.82) is 0 Å². The molecule has 23 heavy (non-hydrogen) atoms. The molecule has 120 valence electrons. The Labute approximate surface area is 134 Å². The summed E-state index contributed by atoms with van der Waals surface area (Å²) < 4.78 is 5.41. The molecule has 3 rings (SSSR count). The lowest BCUT2D eigenvalue weighted by Crippen LogP contribution is -2.34. The topological polar surface area (TPSA) is 70.7 Å². The summed E-state index contributed by atoms with van der Waals surface area (Å²) in [5.41, 5.74) is 0.992. The first kappa shape index (κ1) is 15.6. The standard InChI is InChI=1S/C19H20O4/c1-12(20)11-15(13-7-3-2-4-8-13)17-18(21)14-9-5-6-10-16(14)23-19(17)22/h2-4,7-10,12,15,20-21H,5-6,11H2,1H3/t12-,15+/m1/s1. The van der Waals surface area contributed by atoms with Gasteiger partial charge in [0.2, 0.25) is 0 Å². The van der Waals surface area contributed by atoms with Crippen LogP contribution in [0.1, 0.15) is 43.2 Å². The van der Waals surface area contributed by atoms with Crippen LogP contribution in [0.15, 0.2) is 39.5 Å². The van der Waals surface area contributed by atoms with Crippen molar-refractivity contribution in [2.45, 2.75) is 38.2 Å². The third-order valence-electron chi connectivity index (χ3n) is 4.17. The lowest BCUT2D eigenvalue weighted by atomic mass is 9.87. The van der Waals surface area contributed by atoms with Gasteiger partial charge in [0.1, 0.15) is 11.2 Å². The molecule has 0 radical (unpaired) electrons. The SMILES string of the molecule is C[C@@H](O)C[C@@H](c1ccccc1)c1c(O)c2c(oc1=O)=CCCC=2. The molecule has 0 amide bonds. The Morgan fingerprint density at radius 2 is 1.87 bits per heavy atom. The molecule has 0 fully saturated rings. The van der Waals surface area contributed by atoms with Crippen molar-refractivity contribution in [3.05, 3.63) is 62.5 Å². The summed E-state index contributed by atoms with van der Waals surface area (Å²) >= 11 is 0. The highest BCUT2D eigenvalue weighted by Crippen LogP contribution is 2.30. The zero-order valence-electron chi connectivity index (χ0n) is 13.0. The summed E-state index contributed by atoms with van der Waals surface area (Å²) in [6.45, 7) is 1.67. The molecule has 2 aromatic rings. The molecular formula is C19H20O4. The van der Waals surface area contributed by atoms with Gasteiger partial charge in [-0.1, -0.05) is 36.4 Å². The Kier molecular flexibility index (Phi) is 4.35. The van der Waals surface area contributed by atoms with Crippen LogP contribution in [-0.4, -0.2) is 16.3 Å². The highest BCUT2D eigenvalue weighted by Gasteiger charge is 2.25. The van der Waals surface area contributed by atoms with Crippen LogP contribution in [0.4, 0.5) is 0 Å². The van der Waals surface area contributed by atoms with E-state index in [2.05, 4.69) is 0 Å². The summed E-state index contributed by atoms with van der Waals surface area (Å²) in [5.74, 6) is -0.435. The first-order valence-electron chi connectivity index (χ1n) is 7.87. The van der Waals surface area contributed by atoms with Gasteiger partial charge >= 0.3 is 5.63 Å². The number of aliphatic hydroxyl groups is 1. The third-order valence-corrected chi connectivity index (χ3v) is 4.17. The van der Waals surface area contributed by atoms with Crippen LogP contribution in [0.2, 0.25) is 0 Å². The minimum Gasteiger partial charge on any atom is -0.507 e. The number of aromatic hydroxyl groups is 1. The van der Waals surface area contributed by atoms with Crippen LogP contribution in [0.3, 0.4) is 0 Å². The summed E-state index contributed by atoms with van der Waals surface area (Å²) in [6.07, 6.45) is 5.05. The highest BCUT2D eigenvalue weighted by atomic mass is 16.4. The lowest BCUT2D eigenvalue weighted by Gasteiger charge is -2.19. The average Bonchev–Trinajstić information content (AvgIpc) is 2.54. The molecule has 0 saturated carbocycles. The van der Waals surface area contributed by atoms with E-state index in [0.29, 0.717) is 17.1 Å². The highest BCUT2D eigenvalue weighted by molar-refractivity contribution is 5.46. The molecule has 1 aliphatic carbocycles. The van der Waals surface area contributed by atoms with Crippen molar-refractivity contribution in [3.63, 3.8) is 0 Å². The van der Waals surface area contributed by atoms with Gasteiger partial charge in [0.15, 0.2) is 0 Å². The average molecular weight is 312 g/mol. The molecule has 4 heteroatoms. The number of hydrogen-bond donors (Lipinski definition) is 2. The molecule has 2 atom stereocenters. The second kappa shape index (κ2) is 6.42. The van der Waals surface area contributed by atoms with Gasteiger partial charge in [-0.15, -0.1) is 0 Å². The molecule has 4 nitrogen and oxygen atoms in total. The van der Waals surface area contributed by atoms with Gasteiger partial charge < -0.3 is 14.6 Å². The number of fused-ring (bicyclic) bond motifs is 1. The van der Waals surface area contributed by atoms with Crippen molar-refractivity contribution in [1.82, 2.24) is 0 Å². The quantitative estimate of drug-likeness (QED) is 0.900. The molecule has 1 aliphatic rings. The van der Waals surface area contributed by atoms with E-state index >= 15 is 0 Å². The van der Waals surface area contributed by atoms with Gasteiger partial charge in [-0.2, -0.15) is 0 Å². The summed E-state index contributed by atoms with van der Waals surface area (Å²) in [5, 5.41) is 21.1. The van der Waals surface area contributed by atoms with Crippen molar-refractivity contribution in [2.75, 3.05) is 0 Å². The van der Waals surface area contributed by atoms with Crippen LogP contribution >= 0.6 is 0 Å². The predicted molar refractivity (Wildman–Crippen MR) is 88.6 cm³/mol. The second-order valence-corrected chi connectivity index (χ2v) is 5.96. The zero-order chi connectivity index (χ0) is 16.4. The summed E-state index contributed by atoms with van der Waals surface area (Å²) in [6, 6.07) is 9.42. The van der Waals surface area contributed by atoms with E-state index in [4.69, 9.17) is 4.42 Å². The second-order valence-electron chi connectivity index (χ2n) is 5.96. The lowest BCUT2D eigenvalue weighted by molar-refractivity contribution is 0.178. The Morgan fingerprint density at radius 3 is 2.57 bits per heavy atom. The van der Waals surface area contributed by atoms with Crippen molar-refractivity contribution >= 4 is 12.2 Å². The fourth-order valence-electron chi connectivity index (χ4n) is 3.11. The molecule has 1 heterocycles. The Morgan fingerprint density at radius 1 is 1.17 bits per heavy atom. The number of benzene rings is 1. The van der Waals surface area contributed by atoms with Crippen molar-refractivity contribution in [2.24, 2.45) is 0 Å². The zero-order valence-corrected chi connectivity index (χ0v) is 13.0. The van der Waals surface area contributed by atoms with Crippen molar-refractivity contribution < 1.29 is 14.6 Å². The van der Waals surface area contributed by atoms with Crippen LogP contribution < -0.4 is 16.3 Å². The maximum Gasteiger partial charge on any atom is 0.343 e. The minimum absolute atomic E-state index is 0.0262. The van der Waals surface area contributed by atoms with E-state index in [-0.39, 0.29) is 11.3 Å². The molecule has 0 unspecified atom stereocenters. The van der Waals surface area contributed by atoms with Crippen LogP contribution in [-0.2, 0) is 0 Å². The van der Waals surface area contributed by atoms with Crippen LogP contribution in [0.25, 0.3) is 12.2 Å². The molecular weight excluding hydrogens is 292 g/mol. The van der Waals surface area contributed by atoms with Gasteiger partial charge in [0, 0.05) is 5.92 Å². The van der Waals surface area contributed by atoms with E-state index in [0.717, 1.165) is 18.4 Å². The summed E-state index contributed by atoms with van der Waals surface area (Å²) in [4.78, 5) is 12.5. The molecule has 1 aromatic carbocycles. The van der Waals surface area contributed by atoms with Gasteiger partial charge in [-0.3, -0.25) is 0 Å². The smallest absolute Gasteiger partial charge is 0.343 e. The maximum absolute atomic E-state index is 12.5. The number of aliphatic hydroxyl groups excluding tert-OH is 1. The monoisotopic (exact) mass is 312 g/mol. The van der Waals surface area contributed by atoms with Gasteiger partial charge in [0.25, 0.3) is 0 Å². The largest absolute Gasteiger partial charge is 0.507 e. The molecule has 0 saturated heterocycles. The van der Waals surface area contributed by atoms with Crippen molar-refractivity contribution in [3.8, 4) is 5.75 Å². The molecule has 0 spiro atoms. The number of rotatable bonds is 4. The normalized spacial score (nSPS) is 15.9. The number of hydrogen-bond acceptors (Lipinski definition) is 4. The van der Waals surface area contributed by atoms with E-state index in [9.17, 15) is 15.0 Å². The van der Waals surface area contributed by atoms with Crippen LogP contribution in [0, 0.1) is 0 Å². The van der Waals surface area contributed by atoms with E-state index in [1.165, 1.54) is 0 Å². The first-order valence-corrected chi connectivity index (χ1v) is 7.87. The van der Waals surface area contributed by atoms with Gasteiger partial charge in [-0.25, -0.2) is 4.79 Å². The van der Waals surface area contributed by atoms with Gasteiger partial charge in [-0.05, 0) is 37.8 Å². The Balaban J connectivity index is 2.24. The maximum atomic E-state index is 12.5. The van der Waals surface area contributed by atoms with Gasteiger partial charge in [0.05, 0.1) is 16.9 Å². The molecule has 1 aromatic heterocycles.